The molecule has 0 aromatic rings. The molecule has 0 rings (SSSR count). The smallest absolute Gasteiger partial charge is 0.155 e. The minimum absolute atomic E-state index is 0.0671. The van der Waals surface area contributed by atoms with Crippen LogP contribution in [0.3, 0.4) is 0 Å². The summed E-state index contributed by atoms with van der Waals surface area (Å²) in [4.78, 5) is 19.4. The van der Waals surface area contributed by atoms with E-state index in [1.54, 1.807) is 42.5 Å². The van der Waals surface area contributed by atoms with Gasteiger partial charge in [-0.15, -0.1) is 0 Å². The van der Waals surface area contributed by atoms with Crippen molar-refractivity contribution < 1.29 is 53.3 Å². The van der Waals surface area contributed by atoms with Crippen molar-refractivity contribution in [2.75, 3.05) is 82.3 Å². The SMILES string of the molecule is CC(C)=O.CCC(O)COC.CCCC.CCCOC.CC[C@@H](O)COC.CC[C@H](O)COC.COCC(C)=N.COCC(C)=O. The standard InChI is InChI=1S/3C5H12O2.C4H9NO.C4H8O2.C4H10O.C4H10.C3H6O/c3*1-3-5(6)4-7-2;2*1-4(5)3-6-2;1-3-4-5-2;1-3-4-2;1-3(2)4/h3*5-6H,3-4H2,1-2H3;5H,3H2,1-2H3;3H2,1-2H3;3-4H2,1-2H3;3-4H2,1-2H3;1-2H3/t2*5-;;;;;;/m10....../s1. The zero-order valence-electron chi connectivity index (χ0n) is 32.8. The highest BCUT2D eigenvalue weighted by Gasteiger charge is 1.96. The van der Waals surface area contributed by atoms with Gasteiger partial charge in [-0.05, 0) is 53.4 Å². The van der Waals surface area contributed by atoms with Gasteiger partial charge in [0.05, 0.1) is 44.7 Å². The highest BCUT2D eigenvalue weighted by molar-refractivity contribution is 5.79. The van der Waals surface area contributed by atoms with E-state index >= 15 is 0 Å². The number of nitrogens with one attached hydrogen (secondary N) is 1. The predicted molar refractivity (Wildman–Crippen MR) is 191 cm³/mol. The van der Waals surface area contributed by atoms with Gasteiger partial charge in [0.2, 0.25) is 0 Å². The van der Waals surface area contributed by atoms with E-state index in [-0.39, 0.29) is 36.5 Å². The number of ether oxygens (including phenoxy) is 6. The quantitative estimate of drug-likeness (QED) is 0.151. The van der Waals surface area contributed by atoms with Crippen LogP contribution in [0.25, 0.3) is 0 Å². The summed E-state index contributed by atoms with van der Waals surface area (Å²) in [5.41, 5.74) is 0.567. The van der Waals surface area contributed by atoms with Crippen LogP contribution in [0.1, 0.15) is 108 Å². The Labute approximate surface area is 284 Å². The molecule has 0 spiro atoms. The molecule has 0 aromatic heterocycles. The molecular formula is C34H79NO11. The van der Waals surface area contributed by atoms with Crippen molar-refractivity contribution >= 4 is 17.3 Å². The van der Waals surface area contributed by atoms with Gasteiger partial charge in [-0.1, -0.05) is 54.4 Å². The fourth-order valence-corrected chi connectivity index (χ4v) is 1.55. The first-order valence-corrected chi connectivity index (χ1v) is 16.0. The molecule has 0 aliphatic carbocycles. The third-order valence-electron chi connectivity index (χ3n) is 4.11. The van der Waals surface area contributed by atoms with Crippen molar-refractivity contribution in [3.8, 4) is 0 Å². The normalized spacial score (nSPS) is 10.8. The van der Waals surface area contributed by atoms with Gasteiger partial charge < -0.3 is 53.9 Å². The molecule has 12 nitrogen and oxygen atoms in total. The molecule has 0 bridgehead atoms. The van der Waals surface area contributed by atoms with Crippen molar-refractivity contribution in [3.63, 3.8) is 0 Å². The maximum atomic E-state index is 9.92. The summed E-state index contributed by atoms with van der Waals surface area (Å²) in [6.07, 6.45) is 5.26. The third-order valence-corrected chi connectivity index (χ3v) is 4.11. The Morgan fingerprint density at radius 2 is 0.804 bits per heavy atom. The highest BCUT2D eigenvalue weighted by atomic mass is 16.5. The number of methoxy groups -OCH3 is 6. The van der Waals surface area contributed by atoms with E-state index in [4.69, 9.17) is 25.5 Å². The zero-order chi connectivity index (χ0) is 38.2. The average Bonchev–Trinajstić information content (AvgIpc) is 2.99. The van der Waals surface area contributed by atoms with Gasteiger partial charge in [0.15, 0.2) is 5.78 Å². The first-order chi connectivity index (χ1) is 21.5. The second kappa shape index (κ2) is 66.1. The number of carbonyl (C=O) groups is 2. The number of aliphatic hydroxyl groups excluding tert-OH is 3. The number of carbonyl (C=O) groups excluding carboxylic acids is 2. The average molecular weight is 678 g/mol. The molecule has 0 heterocycles. The first kappa shape index (κ1) is 63.3. The van der Waals surface area contributed by atoms with E-state index in [2.05, 4.69) is 44.5 Å². The van der Waals surface area contributed by atoms with Crippen LogP contribution in [0.15, 0.2) is 0 Å². The van der Waals surface area contributed by atoms with Crippen molar-refractivity contribution in [1.82, 2.24) is 0 Å². The Hall–Kier alpha value is -1.35. The minimum Gasteiger partial charge on any atom is -0.391 e. The van der Waals surface area contributed by atoms with E-state index in [0.29, 0.717) is 32.1 Å². The molecule has 0 saturated heterocycles. The van der Waals surface area contributed by atoms with Gasteiger partial charge in [0.25, 0.3) is 0 Å². The molecule has 0 aliphatic heterocycles. The molecule has 0 amide bonds. The Morgan fingerprint density at radius 1 is 0.522 bits per heavy atom. The lowest BCUT2D eigenvalue weighted by molar-refractivity contribution is -0.120. The van der Waals surface area contributed by atoms with E-state index < -0.39 is 0 Å². The maximum Gasteiger partial charge on any atom is 0.155 e. The predicted octanol–water partition coefficient (Wildman–Crippen LogP) is 5.55. The molecule has 0 aromatic carbocycles. The van der Waals surface area contributed by atoms with Crippen LogP contribution in [-0.4, -0.2) is 133 Å². The molecule has 0 saturated carbocycles. The second-order valence-electron chi connectivity index (χ2n) is 9.80. The Bertz CT molecular complexity index is 473. The first-order valence-electron chi connectivity index (χ1n) is 16.0. The van der Waals surface area contributed by atoms with Gasteiger partial charge in [0, 0.05) is 55.0 Å². The summed E-state index contributed by atoms with van der Waals surface area (Å²) < 4.78 is 27.7. The van der Waals surface area contributed by atoms with Crippen LogP contribution in [0.2, 0.25) is 0 Å². The fraction of sp³-hybridized carbons (Fsp3) is 0.912. The van der Waals surface area contributed by atoms with E-state index in [1.165, 1.54) is 40.7 Å². The summed E-state index contributed by atoms with van der Waals surface area (Å²) in [6.45, 7) is 21.4. The monoisotopic (exact) mass is 678 g/mol. The zero-order valence-corrected chi connectivity index (χ0v) is 32.8. The summed E-state index contributed by atoms with van der Waals surface area (Å²) in [5.74, 6) is 0.234. The Morgan fingerprint density at radius 3 is 0.826 bits per heavy atom. The number of ketones is 2. The van der Waals surface area contributed by atoms with Crippen LogP contribution in [0.5, 0.6) is 0 Å². The highest BCUT2D eigenvalue weighted by Crippen LogP contribution is 1.88. The lowest BCUT2D eigenvalue weighted by Gasteiger charge is -2.02. The van der Waals surface area contributed by atoms with Crippen molar-refractivity contribution in [3.05, 3.63) is 0 Å². The number of unbranched alkanes of at least 4 members (excludes halogenated alkanes) is 1. The van der Waals surface area contributed by atoms with Crippen LogP contribution in [0.4, 0.5) is 0 Å². The van der Waals surface area contributed by atoms with Crippen molar-refractivity contribution in [1.29, 1.82) is 5.41 Å². The van der Waals surface area contributed by atoms with Crippen LogP contribution >= 0.6 is 0 Å². The lowest BCUT2D eigenvalue weighted by Crippen LogP contribution is -2.11. The topological polar surface area (TPSA) is 174 Å². The molecular weight excluding hydrogens is 598 g/mol. The Kier molecular flexibility index (Phi) is 91.1. The molecule has 0 radical (unpaired) electrons. The van der Waals surface area contributed by atoms with Gasteiger partial charge in [0.1, 0.15) is 12.4 Å². The number of hydrogen-bond acceptors (Lipinski definition) is 12. The largest absolute Gasteiger partial charge is 0.391 e. The van der Waals surface area contributed by atoms with E-state index in [9.17, 15) is 9.59 Å². The maximum absolute atomic E-state index is 9.92. The number of Topliss-reactive ketones (excluding diaryl/α,β-unsaturated/α-hetero) is 2. The molecule has 4 N–H and O–H groups in total. The second-order valence-corrected chi connectivity index (χ2v) is 9.80. The third kappa shape index (κ3) is 144. The van der Waals surface area contributed by atoms with Crippen LogP contribution < -0.4 is 0 Å². The summed E-state index contributed by atoms with van der Waals surface area (Å²) in [6, 6.07) is 0. The summed E-state index contributed by atoms with van der Waals surface area (Å²) in [7, 11) is 9.54. The molecule has 3 atom stereocenters. The van der Waals surface area contributed by atoms with Gasteiger partial charge >= 0.3 is 0 Å². The molecule has 46 heavy (non-hydrogen) atoms. The molecule has 1 unspecified atom stereocenters. The number of hydrogen-bond donors (Lipinski definition) is 4. The van der Waals surface area contributed by atoms with E-state index in [1.807, 2.05) is 20.8 Å². The summed E-state index contributed by atoms with van der Waals surface area (Å²) >= 11 is 0. The van der Waals surface area contributed by atoms with Crippen LogP contribution in [-0.2, 0) is 38.0 Å². The molecule has 0 aliphatic rings. The van der Waals surface area contributed by atoms with Crippen molar-refractivity contribution in [2.24, 2.45) is 0 Å². The van der Waals surface area contributed by atoms with Crippen LogP contribution in [0, 0.1) is 5.41 Å². The number of rotatable bonds is 16. The summed E-state index contributed by atoms with van der Waals surface area (Å²) in [5, 5.41) is 33.0. The minimum atomic E-state index is -0.273. The molecule has 0 fully saturated rings. The van der Waals surface area contributed by atoms with Gasteiger partial charge in [-0.25, -0.2) is 0 Å². The van der Waals surface area contributed by atoms with Crippen molar-refractivity contribution in [2.45, 2.75) is 126 Å². The molecule has 12 heteroatoms. The fourth-order valence-electron chi connectivity index (χ4n) is 1.55. The number of aliphatic hydroxyl groups is 3. The molecule has 286 valence electrons. The Balaban J connectivity index is -0.0000000603. The van der Waals surface area contributed by atoms with E-state index in [0.717, 1.165) is 32.3 Å². The van der Waals surface area contributed by atoms with Gasteiger partial charge in [-0.2, -0.15) is 0 Å². The van der Waals surface area contributed by atoms with Gasteiger partial charge in [-0.3, -0.25) is 4.79 Å². The lowest BCUT2D eigenvalue weighted by atomic mass is 10.3.